The Balaban J connectivity index is 2.73. The molecule has 0 aliphatic heterocycles. The van der Waals surface area contributed by atoms with Crippen LogP contribution in [0.5, 0.6) is 0 Å². The molecule has 0 aromatic rings. The van der Waals surface area contributed by atoms with Gasteiger partial charge in [0.1, 0.15) is 0 Å². The van der Waals surface area contributed by atoms with Crippen LogP contribution in [0.1, 0.15) is 53.9 Å². The van der Waals surface area contributed by atoms with Crippen LogP contribution in [0.15, 0.2) is 58.7 Å². The van der Waals surface area contributed by atoms with Gasteiger partial charge >= 0.3 is 0 Å². The fourth-order valence-corrected chi connectivity index (χ4v) is 2.92. The van der Waals surface area contributed by atoms with Gasteiger partial charge in [-0.1, -0.05) is 67.0 Å². The van der Waals surface area contributed by atoms with Crippen molar-refractivity contribution in [3.05, 3.63) is 58.7 Å². The molecule has 122 valence electrons. The first kappa shape index (κ1) is 18.7. The van der Waals surface area contributed by atoms with E-state index in [1.54, 1.807) is 12.7 Å². The van der Waals surface area contributed by atoms with E-state index in [0.717, 1.165) is 0 Å². The molecule has 0 heterocycles. The minimum Gasteiger partial charge on any atom is -0.381 e. The van der Waals surface area contributed by atoms with Crippen LogP contribution in [-0.2, 0) is 4.74 Å². The lowest BCUT2D eigenvalue weighted by molar-refractivity contribution is 0.233. The summed E-state index contributed by atoms with van der Waals surface area (Å²) in [4.78, 5) is 0. The fourth-order valence-electron chi connectivity index (χ4n) is 2.92. The van der Waals surface area contributed by atoms with Gasteiger partial charge in [-0.3, -0.25) is 0 Å². The Bertz CT molecular complexity index is 510. The van der Waals surface area contributed by atoms with E-state index in [4.69, 9.17) is 4.74 Å². The summed E-state index contributed by atoms with van der Waals surface area (Å²) in [6.07, 6.45) is 16.9. The molecular weight excluding hydrogens is 268 g/mol. The first-order chi connectivity index (χ1) is 10.4. The van der Waals surface area contributed by atoms with Crippen LogP contribution in [0.3, 0.4) is 0 Å². The second kappa shape index (κ2) is 8.95. The Morgan fingerprint density at radius 2 is 1.91 bits per heavy atom. The van der Waals surface area contributed by atoms with E-state index in [9.17, 15) is 0 Å². The van der Waals surface area contributed by atoms with Gasteiger partial charge in [0.15, 0.2) is 0 Å². The van der Waals surface area contributed by atoms with E-state index >= 15 is 0 Å². The van der Waals surface area contributed by atoms with Crippen LogP contribution < -0.4 is 0 Å². The fraction of sp³-hybridized carbons (Fsp3) is 0.524. The standard InChI is InChI=1S/C21H32O/c1-17(9-7-10-18(2)14-16-22-6)12-13-20-19(3)11-8-15-21(20,4)5/h7,9-10,12-14H,8,11,15-16H2,1-6H3/b10-7+,13-12+,17-9-,18-14+. The summed E-state index contributed by atoms with van der Waals surface area (Å²) in [6.45, 7) is 11.9. The highest BCUT2D eigenvalue weighted by Gasteiger charge is 2.26. The zero-order valence-corrected chi connectivity index (χ0v) is 15.2. The van der Waals surface area contributed by atoms with Gasteiger partial charge in [-0.15, -0.1) is 0 Å². The molecule has 0 bridgehead atoms. The molecule has 0 aromatic heterocycles. The van der Waals surface area contributed by atoms with Crippen molar-refractivity contribution < 1.29 is 4.74 Å². The van der Waals surface area contributed by atoms with Gasteiger partial charge < -0.3 is 4.74 Å². The molecule has 1 rings (SSSR count). The first-order valence-electron chi connectivity index (χ1n) is 8.26. The summed E-state index contributed by atoms with van der Waals surface area (Å²) in [5, 5.41) is 0. The van der Waals surface area contributed by atoms with Gasteiger partial charge in [-0.25, -0.2) is 0 Å². The van der Waals surface area contributed by atoms with E-state index in [1.807, 2.05) is 0 Å². The van der Waals surface area contributed by atoms with Crippen molar-refractivity contribution >= 4 is 0 Å². The van der Waals surface area contributed by atoms with Gasteiger partial charge in [0, 0.05) is 7.11 Å². The maximum Gasteiger partial charge on any atom is 0.0649 e. The molecule has 1 aliphatic carbocycles. The Kier molecular flexibility index (Phi) is 7.61. The smallest absolute Gasteiger partial charge is 0.0649 e. The molecule has 0 unspecified atom stereocenters. The second-order valence-corrected chi connectivity index (χ2v) is 6.94. The van der Waals surface area contributed by atoms with Crippen LogP contribution in [-0.4, -0.2) is 13.7 Å². The van der Waals surface area contributed by atoms with E-state index in [-0.39, 0.29) is 0 Å². The summed E-state index contributed by atoms with van der Waals surface area (Å²) in [6, 6.07) is 0. The van der Waals surface area contributed by atoms with Crippen molar-refractivity contribution in [1.29, 1.82) is 0 Å². The minimum atomic E-state index is 0.314. The van der Waals surface area contributed by atoms with Gasteiger partial charge in [-0.05, 0) is 51.0 Å². The molecule has 0 saturated carbocycles. The molecule has 0 fully saturated rings. The third-order valence-electron chi connectivity index (χ3n) is 4.35. The Labute approximate surface area is 137 Å². The van der Waals surface area contributed by atoms with Gasteiger partial charge in [-0.2, -0.15) is 0 Å². The van der Waals surface area contributed by atoms with Crippen molar-refractivity contribution in [2.75, 3.05) is 13.7 Å². The SMILES string of the molecule is COC/C=C(C)/C=C/C=C(C)\C=C\C1=C(C)CCCC1(C)C. The maximum atomic E-state index is 5.03. The molecule has 0 saturated heterocycles. The van der Waals surface area contributed by atoms with Crippen LogP contribution in [0.25, 0.3) is 0 Å². The first-order valence-corrected chi connectivity index (χ1v) is 8.26. The lowest BCUT2D eigenvalue weighted by Gasteiger charge is -2.32. The summed E-state index contributed by atoms with van der Waals surface area (Å²) < 4.78 is 5.03. The Morgan fingerprint density at radius 3 is 2.55 bits per heavy atom. The van der Waals surface area contributed by atoms with Gasteiger partial charge in [0.25, 0.3) is 0 Å². The number of rotatable bonds is 6. The molecule has 0 atom stereocenters. The predicted octanol–water partition coefficient (Wildman–Crippen LogP) is 6.16. The van der Waals surface area contributed by atoms with Gasteiger partial charge in [0.2, 0.25) is 0 Å². The molecule has 0 amide bonds. The van der Waals surface area contributed by atoms with Crippen molar-refractivity contribution in [3.8, 4) is 0 Å². The summed E-state index contributed by atoms with van der Waals surface area (Å²) in [5.74, 6) is 0. The maximum absolute atomic E-state index is 5.03. The number of methoxy groups -OCH3 is 1. The quantitative estimate of drug-likeness (QED) is 0.533. The second-order valence-electron chi connectivity index (χ2n) is 6.94. The monoisotopic (exact) mass is 300 g/mol. The Hall–Kier alpha value is -1.34. The molecule has 0 spiro atoms. The zero-order valence-electron chi connectivity index (χ0n) is 15.2. The molecule has 0 aromatic carbocycles. The number of allylic oxidation sites excluding steroid dienone is 9. The normalized spacial score (nSPS) is 20.5. The van der Waals surface area contributed by atoms with Crippen LogP contribution in [0.4, 0.5) is 0 Å². The van der Waals surface area contributed by atoms with Crippen molar-refractivity contribution in [3.63, 3.8) is 0 Å². The number of ether oxygens (including phenoxy) is 1. The topological polar surface area (TPSA) is 9.23 Å². The summed E-state index contributed by atoms with van der Waals surface area (Å²) in [7, 11) is 1.71. The van der Waals surface area contributed by atoms with E-state index < -0.39 is 0 Å². The third-order valence-corrected chi connectivity index (χ3v) is 4.35. The summed E-state index contributed by atoms with van der Waals surface area (Å²) in [5.41, 5.74) is 5.88. The molecule has 22 heavy (non-hydrogen) atoms. The lowest BCUT2D eigenvalue weighted by atomic mass is 9.72. The van der Waals surface area contributed by atoms with E-state index in [1.165, 1.54) is 36.0 Å². The molecule has 0 N–H and O–H groups in total. The molecule has 1 nitrogen and oxygen atoms in total. The average molecular weight is 300 g/mol. The lowest BCUT2D eigenvalue weighted by Crippen LogP contribution is -2.19. The number of hydrogen-bond donors (Lipinski definition) is 0. The summed E-state index contributed by atoms with van der Waals surface area (Å²) >= 11 is 0. The zero-order chi connectivity index (χ0) is 16.6. The van der Waals surface area contributed by atoms with Crippen LogP contribution >= 0.6 is 0 Å². The Morgan fingerprint density at radius 1 is 1.18 bits per heavy atom. The van der Waals surface area contributed by atoms with Crippen LogP contribution in [0, 0.1) is 5.41 Å². The highest BCUT2D eigenvalue weighted by molar-refractivity contribution is 5.37. The number of hydrogen-bond acceptors (Lipinski definition) is 1. The molecular formula is C21H32O. The predicted molar refractivity (Wildman–Crippen MR) is 98.0 cm³/mol. The molecule has 1 aliphatic rings. The van der Waals surface area contributed by atoms with E-state index in [2.05, 4.69) is 71.1 Å². The average Bonchev–Trinajstić information content (AvgIpc) is 2.43. The van der Waals surface area contributed by atoms with Crippen LogP contribution in [0.2, 0.25) is 0 Å². The highest BCUT2D eigenvalue weighted by atomic mass is 16.5. The molecule has 0 radical (unpaired) electrons. The van der Waals surface area contributed by atoms with Crippen molar-refractivity contribution in [2.45, 2.75) is 53.9 Å². The largest absolute Gasteiger partial charge is 0.381 e. The minimum absolute atomic E-state index is 0.314. The van der Waals surface area contributed by atoms with Gasteiger partial charge in [0.05, 0.1) is 6.61 Å². The highest BCUT2D eigenvalue weighted by Crippen LogP contribution is 2.40. The van der Waals surface area contributed by atoms with Crippen molar-refractivity contribution in [2.24, 2.45) is 5.41 Å². The van der Waals surface area contributed by atoms with E-state index in [0.29, 0.717) is 12.0 Å². The van der Waals surface area contributed by atoms with Crippen molar-refractivity contribution in [1.82, 2.24) is 0 Å². The third kappa shape index (κ3) is 6.19. The molecule has 1 heteroatoms.